The number of amides is 1. The van der Waals surface area contributed by atoms with E-state index in [-0.39, 0.29) is 12.1 Å². The lowest BCUT2D eigenvalue weighted by Gasteiger charge is -2.13. The van der Waals surface area contributed by atoms with Gasteiger partial charge in [-0.3, -0.25) is 4.79 Å². The summed E-state index contributed by atoms with van der Waals surface area (Å²) in [5.41, 5.74) is 0.154. The van der Waals surface area contributed by atoms with Crippen molar-refractivity contribution in [3.05, 3.63) is 76.3 Å². The molecule has 0 bridgehead atoms. The van der Waals surface area contributed by atoms with E-state index in [4.69, 9.17) is 11.6 Å². The van der Waals surface area contributed by atoms with E-state index in [1.165, 1.54) is 24.3 Å². The summed E-state index contributed by atoms with van der Waals surface area (Å²) in [6.07, 6.45) is -2.75. The van der Waals surface area contributed by atoms with E-state index in [0.717, 1.165) is 12.1 Å². The van der Waals surface area contributed by atoms with Crippen LogP contribution in [0, 0.1) is 0 Å². The molecule has 0 aliphatic heterocycles. The molecule has 7 heteroatoms. The maximum absolute atomic E-state index is 12.5. The van der Waals surface area contributed by atoms with Crippen LogP contribution in [0.15, 0.2) is 54.6 Å². The van der Waals surface area contributed by atoms with Gasteiger partial charge in [0.1, 0.15) is 0 Å². The van der Waals surface area contributed by atoms with Gasteiger partial charge in [0, 0.05) is 17.6 Å². The van der Waals surface area contributed by atoms with Gasteiger partial charge in [0.2, 0.25) is 5.91 Å². The van der Waals surface area contributed by atoms with E-state index in [1.54, 1.807) is 24.3 Å². The zero-order chi connectivity index (χ0) is 18.4. The summed E-state index contributed by atoms with van der Waals surface area (Å²) in [6.45, 7) is -0.128. The number of hydrogen-bond acceptors (Lipinski definition) is 2. The molecule has 0 aliphatic carbocycles. The quantitative estimate of drug-likeness (QED) is 0.775. The molecule has 2 rings (SSSR count). The van der Waals surface area contributed by atoms with Gasteiger partial charge in [-0.15, -0.1) is 0 Å². The third kappa shape index (κ3) is 5.62. The number of carbonyl (C=O) groups excluding carboxylic acids is 1. The third-order valence-electron chi connectivity index (χ3n) is 3.41. The van der Waals surface area contributed by atoms with Crippen molar-refractivity contribution < 1.29 is 23.1 Å². The van der Waals surface area contributed by atoms with Gasteiger partial charge >= 0.3 is 6.18 Å². The smallest absolute Gasteiger partial charge is 0.387 e. The second kappa shape index (κ2) is 8.18. The zero-order valence-electron chi connectivity index (χ0n) is 12.9. The van der Waals surface area contributed by atoms with Crippen LogP contribution in [0.4, 0.5) is 13.2 Å². The number of aliphatic hydroxyl groups is 1. The first-order valence-corrected chi connectivity index (χ1v) is 7.71. The molecule has 3 nitrogen and oxygen atoms in total. The van der Waals surface area contributed by atoms with Crippen LogP contribution in [-0.2, 0) is 11.0 Å². The van der Waals surface area contributed by atoms with Crippen molar-refractivity contribution in [3.8, 4) is 0 Å². The topological polar surface area (TPSA) is 49.3 Å². The SMILES string of the molecule is O=C(/C=C/c1ccccc1Cl)NC[C@H](O)c1ccc(C(F)(F)F)cc1. The van der Waals surface area contributed by atoms with Gasteiger partial charge in [0.05, 0.1) is 11.7 Å². The Kier molecular flexibility index (Phi) is 6.22. The molecule has 2 aromatic carbocycles. The number of aliphatic hydroxyl groups excluding tert-OH is 1. The van der Waals surface area contributed by atoms with Crippen LogP contribution < -0.4 is 5.32 Å². The average Bonchev–Trinajstić information content (AvgIpc) is 2.58. The second-order valence-electron chi connectivity index (χ2n) is 5.24. The Hall–Kier alpha value is -2.31. The lowest BCUT2D eigenvalue weighted by atomic mass is 10.1. The predicted molar refractivity (Wildman–Crippen MR) is 89.9 cm³/mol. The van der Waals surface area contributed by atoms with E-state index in [2.05, 4.69) is 5.32 Å². The summed E-state index contributed by atoms with van der Waals surface area (Å²) in [5, 5.41) is 12.9. The predicted octanol–water partition coefficient (Wildman–Crippen LogP) is 4.22. The number of rotatable bonds is 5. The average molecular weight is 370 g/mol. The van der Waals surface area contributed by atoms with Crippen molar-refractivity contribution in [1.29, 1.82) is 0 Å². The monoisotopic (exact) mass is 369 g/mol. The molecule has 0 unspecified atom stereocenters. The summed E-state index contributed by atoms with van der Waals surface area (Å²) >= 11 is 5.96. The summed E-state index contributed by atoms with van der Waals surface area (Å²) in [5.74, 6) is -0.453. The van der Waals surface area contributed by atoms with Crippen molar-refractivity contribution in [3.63, 3.8) is 0 Å². The van der Waals surface area contributed by atoms with E-state index >= 15 is 0 Å². The normalized spacial score (nSPS) is 13.0. The third-order valence-corrected chi connectivity index (χ3v) is 3.76. The van der Waals surface area contributed by atoms with Crippen LogP contribution in [0.1, 0.15) is 22.8 Å². The minimum absolute atomic E-state index is 0.128. The molecule has 0 spiro atoms. The highest BCUT2D eigenvalue weighted by atomic mass is 35.5. The zero-order valence-corrected chi connectivity index (χ0v) is 13.7. The molecule has 25 heavy (non-hydrogen) atoms. The van der Waals surface area contributed by atoms with Crippen LogP contribution in [0.3, 0.4) is 0 Å². The molecule has 132 valence electrons. The standard InChI is InChI=1S/C18H15ClF3NO2/c19-15-4-2-1-3-12(15)7-10-17(25)23-11-16(24)13-5-8-14(9-6-13)18(20,21)22/h1-10,16,24H,11H2,(H,23,25)/b10-7+/t16-/m0/s1. The fourth-order valence-electron chi connectivity index (χ4n) is 2.04. The van der Waals surface area contributed by atoms with Crippen LogP contribution in [0.25, 0.3) is 6.08 Å². The van der Waals surface area contributed by atoms with Crippen molar-refractivity contribution in [2.45, 2.75) is 12.3 Å². The Labute approximate surface area is 147 Å². The molecule has 2 N–H and O–H groups in total. The van der Waals surface area contributed by atoms with Crippen molar-refractivity contribution >= 4 is 23.6 Å². The molecule has 2 aromatic rings. The molecule has 1 atom stereocenters. The molecule has 0 aromatic heterocycles. The highest BCUT2D eigenvalue weighted by Gasteiger charge is 2.30. The number of benzene rings is 2. The maximum Gasteiger partial charge on any atom is 0.416 e. The van der Waals surface area contributed by atoms with E-state index in [1.807, 2.05) is 0 Å². The molecule has 0 radical (unpaired) electrons. The van der Waals surface area contributed by atoms with E-state index in [9.17, 15) is 23.1 Å². The first-order valence-electron chi connectivity index (χ1n) is 7.33. The van der Waals surface area contributed by atoms with Crippen LogP contribution in [-0.4, -0.2) is 17.6 Å². The molecule has 0 heterocycles. The Balaban J connectivity index is 1.90. The van der Waals surface area contributed by atoms with Crippen LogP contribution in [0.5, 0.6) is 0 Å². The second-order valence-corrected chi connectivity index (χ2v) is 5.64. The van der Waals surface area contributed by atoms with E-state index in [0.29, 0.717) is 10.6 Å². The number of halogens is 4. The Bertz CT molecular complexity index is 758. The first-order chi connectivity index (χ1) is 11.8. The van der Waals surface area contributed by atoms with Gasteiger partial charge in [0.25, 0.3) is 0 Å². The highest BCUT2D eigenvalue weighted by molar-refractivity contribution is 6.32. The fraction of sp³-hybridized carbons (Fsp3) is 0.167. The van der Waals surface area contributed by atoms with Crippen LogP contribution in [0.2, 0.25) is 5.02 Å². The number of hydrogen-bond donors (Lipinski definition) is 2. The van der Waals surface area contributed by atoms with Gasteiger partial charge in [-0.2, -0.15) is 13.2 Å². The van der Waals surface area contributed by atoms with Gasteiger partial charge in [-0.1, -0.05) is 41.9 Å². The largest absolute Gasteiger partial charge is 0.416 e. The van der Waals surface area contributed by atoms with Crippen molar-refractivity contribution in [1.82, 2.24) is 5.32 Å². The number of carbonyl (C=O) groups is 1. The highest BCUT2D eigenvalue weighted by Crippen LogP contribution is 2.29. The summed E-state index contributed by atoms with van der Waals surface area (Å²) in [6, 6.07) is 11.1. The maximum atomic E-state index is 12.5. The fourth-order valence-corrected chi connectivity index (χ4v) is 2.24. The number of alkyl halides is 3. The van der Waals surface area contributed by atoms with Gasteiger partial charge in [-0.05, 0) is 35.4 Å². The van der Waals surface area contributed by atoms with Crippen LogP contribution >= 0.6 is 11.6 Å². The van der Waals surface area contributed by atoms with E-state index < -0.39 is 23.8 Å². The van der Waals surface area contributed by atoms with Crippen molar-refractivity contribution in [2.75, 3.05) is 6.54 Å². The minimum Gasteiger partial charge on any atom is -0.387 e. The lowest BCUT2D eigenvalue weighted by Crippen LogP contribution is -2.26. The molecular weight excluding hydrogens is 355 g/mol. The summed E-state index contributed by atoms with van der Waals surface area (Å²) < 4.78 is 37.5. The molecule has 0 aliphatic rings. The molecule has 1 amide bonds. The Morgan fingerprint density at radius 2 is 1.80 bits per heavy atom. The molecular formula is C18H15ClF3NO2. The molecule has 0 saturated carbocycles. The van der Waals surface area contributed by atoms with Gasteiger partial charge in [0.15, 0.2) is 0 Å². The molecule has 0 saturated heterocycles. The molecule has 0 fully saturated rings. The Morgan fingerprint density at radius 1 is 1.16 bits per heavy atom. The summed E-state index contributed by atoms with van der Waals surface area (Å²) in [4.78, 5) is 11.7. The lowest BCUT2D eigenvalue weighted by molar-refractivity contribution is -0.137. The number of nitrogens with one attached hydrogen (secondary N) is 1. The van der Waals surface area contributed by atoms with Gasteiger partial charge in [-0.25, -0.2) is 0 Å². The Morgan fingerprint density at radius 3 is 2.40 bits per heavy atom. The van der Waals surface area contributed by atoms with Gasteiger partial charge < -0.3 is 10.4 Å². The first kappa shape index (κ1) is 19.0. The minimum atomic E-state index is -4.43. The summed E-state index contributed by atoms with van der Waals surface area (Å²) in [7, 11) is 0. The van der Waals surface area contributed by atoms with Crippen molar-refractivity contribution in [2.24, 2.45) is 0 Å².